The minimum atomic E-state index is -0.344. The van der Waals surface area contributed by atoms with Crippen LogP contribution in [0.25, 0.3) is 0 Å². The number of ketones is 1. The van der Waals surface area contributed by atoms with Gasteiger partial charge in [-0.05, 0) is 56.8 Å². The monoisotopic (exact) mass is 444 g/mol. The Hall–Kier alpha value is -2.57. The third kappa shape index (κ3) is 4.60. The summed E-state index contributed by atoms with van der Waals surface area (Å²) in [5, 5.41) is 4.49. The molecule has 3 rings (SSSR count). The van der Waals surface area contributed by atoms with E-state index in [0.29, 0.717) is 40.4 Å². The molecule has 0 saturated carbocycles. The standard InChI is InChI=1S/C23H25ClN2O3S/c1-5-28-20-12-16(22-21(15(3)27)14(2)26(4)23(30)25-22)10-11-19(20)29-13-17-8-6-7-9-18(17)24/h6-12,22H,5,13H2,1-4H3,(H,25,30). The van der Waals surface area contributed by atoms with Crippen molar-refractivity contribution in [1.82, 2.24) is 10.2 Å². The molecule has 1 aliphatic rings. The van der Waals surface area contributed by atoms with E-state index in [2.05, 4.69) is 5.32 Å². The van der Waals surface area contributed by atoms with Gasteiger partial charge in [-0.3, -0.25) is 4.79 Å². The molecule has 0 bridgehead atoms. The Kier molecular flexibility index (Phi) is 7.00. The normalized spacial score (nSPS) is 16.4. The second-order valence-electron chi connectivity index (χ2n) is 7.02. The average molecular weight is 445 g/mol. The number of thiocarbonyl (C=S) groups is 1. The first-order valence-corrected chi connectivity index (χ1v) is 10.5. The highest BCUT2D eigenvalue weighted by molar-refractivity contribution is 7.80. The average Bonchev–Trinajstić information content (AvgIpc) is 2.71. The van der Waals surface area contributed by atoms with Crippen molar-refractivity contribution in [2.24, 2.45) is 0 Å². The second kappa shape index (κ2) is 9.49. The number of carbonyl (C=O) groups is 1. The van der Waals surface area contributed by atoms with E-state index in [1.165, 1.54) is 0 Å². The molecule has 0 spiro atoms. The van der Waals surface area contributed by atoms with E-state index in [4.69, 9.17) is 33.3 Å². The lowest BCUT2D eigenvalue weighted by Gasteiger charge is -2.35. The van der Waals surface area contributed by atoms with Crippen LogP contribution in [0.15, 0.2) is 53.7 Å². The summed E-state index contributed by atoms with van der Waals surface area (Å²) in [6, 6.07) is 12.9. The molecule has 0 radical (unpaired) electrons. The summed E-state index contributed by atoms with van der Waals surface area (Å²) in [6.45, 7) is 6.20. The Morgan fingerprint density at radius 1 is 1.20 bits per heavy atom. The molecule has 1 N–H and O–H groups in total. The fourth-order valence-corrected chi connectivity index (χ4v) is 3.85. The van der Waals surface area contributed by atoms with Gasteiger partial charge < -0.3 is 19.7 Å². The third-order valence-electron chi connectivity index (χ3n) is 5.08. The van der Waals surface area contributed by atoms with Crippen LogP contribution in [0, 0.1) is 0 Å². The van der Waals surface area contributed by atoms with E-state index in [9.17, 15) is 4.79 Å². The van der Waals surface area contributed by atoms with E-state index in [-0.39, 0.29) is 11.8 Å². The van der Waals surface area contributed by atoms with Gasteiger partial charge in [0, 0.05) is 28.9 Å². The molecule has 1 atom stereocenters. The number of hydrogen-bond acceptors (Lipinski definition) is 4. The molecule has 0 fully saturated rings. The topological polar surface area (TPSA) is 50.8 Å². The summed E-state index contributed by atoms with van der Waals surface area (Å²) in [6.07, 6.45) is 0. The van der Waals surface area contributed by atoms with Crippen molar-refractivity contribution in [2.45, 2.75) is 33.4 Å². The van der Waals surface area contributed by atoms with Crippen LogP contribution in [0.3, 0.4) is 0 Å². The van der Waals surface area contributed by atoms with Crippen LogP contribution in [-0.4, -0.2) is 29.5 Å². The Balaban J connectivity index is 1.93. The first-order valence-electron chi connectivity index (χ1n) is 9.72. The molecule has 2 aromatic carbocycles. The van der Waals surface area contributed by atoms with Crippen molar-refractivity contribution in [1.29, 1.82) is 0 Å². The van der Waals surface area contributed by atoms with Gasteiger partial charge in [-0.1, -0.05) is 35.9 Å². The predicted molar refractivity (Wildman–Crippen MR) is 123 cm³/mol. The van der Waals surface area contributed by atoms with Crippen LogP contribution in [0.2, 0.25) is 5.02 Å². The molecule has 30 heavy (non-hydrogen) atoms. The molecule has 5 nitrogen and oxygen atoms in total. The Bertz CT molecular complexity index is 1010. The van der Waals surface area contributed by atoms with Crippen LogP contribution in [0.5, 0.6) is 11.5 Å². The molecular weight excluding hydrogens is 420 g/mol. The molecule has 1 aliphatic heterocycles. The zero-order chi connectivity index (χ0) is 21.8. The van der Waals surface area contributed by atoms with E-state index in [1.54, 1.807) is 6.92 Å². The molecule has 158 valence electrons. The molecule has 1 unspecified atom stereocenters. The molecule has 0 aromatic heterocycles. The van der Waals surface area contributed by atoms with Gasteiger partial charge in [0.1, 0.15) is 6.61 Å². The Morgan fingerprint density at radius 3 is 2.60 bits per heavy atom. The molecule has 0 saturated heterocycles. The molecule has 0 amide bonds. The number of halogens is 1. The number of carbonyl (C=O) groups excluding carboxylic acids is 1. The van der Waals surface area contributed by atoms with E-state index in [0.717, 1.165) is 16.8 Å². The quantitative estimate of drug-likeness (QED) is 0.603. The number of ether oxygens (including phenoxy) is 2. The smallest absolute Gasteiger partial charge is 0.173 e. The van der Waals surface area contributed by atoms with Crippen molar-refractivity contribution >= 4 is 34.7 Å². The van der Waals surface area contributed by atoms with Crippen molar-refractivity contribution in [3.8, 4) is 11.5 Å². The fourth-order valence-electron chi connectivity index (χ4n) is 3.41. The van der Waals surface area contributed by atoms with Crippen LogP contribution in [0.4, 0.5) is 0 Å². The number of benzene rings is 2. The maximum absolute atomic E-state index is 12.4. The molecule has 2 aromatic rings. The first-order chi connectivity index (χ1) is 14.3. The van der Waals surface area contributed by atoms with Gasteiger partial charge in [-0.25, -0.2) is 0 Å². The first kappa shape index (κ1) is 22.1. The van der Waals surface area contributed by atoms with Gasteiger partial charge in [0.15, 0.2) is 22.4 Å². The lowest BCUT2D eigenvalue weighted by atomic mass is 9.92. The lowest BCUT2D eigenvalue weighted by Crippen LogP contribution is -2.45. The zero-order valence-electron chi connectivity index (χ0n) is 17.5. The summed E-state index contributed by atoms with van der Waals surface area (Å²) in [7, 11) is 1.85. The van der Waals surface area contributed by atoms with Gasteiger partial charge in [-0.2, -0.15) is 0 Å². The van der Waals surface area contributed by atoms with Crippen molar-refractivity contribution in [2.75, 3.05) is 13.7 Å². The highest BCUT2D eigenvalue weighted by Gasteiger charge is 2.31. The molecule has 1 heterocycles. The van der Waals surface area contributed by atoms with Crippen LogP contribution < -0.4 is 14.8 Å². The predicted octanol–water partition coefficient (Wildman–Crippen LogP) is 5.04. The van der Waals surface area contributed by atoms with E-state index < -0.39 is 0 Å². The minimum Gasteiger partial charge on any atom is -0.490 e. The van der Waals surface area contributed by atoms with Gasteiger partial charge in [-0.15, -0.1) is 0 Å². The number of rotatable bonds is 7. The maximum atomic E-state index is 12.4. The van der Waals surface area contributed by atoms with Gasteiger partial charge >= 0.3 is 0 Å². The number of allylic oxidation sites excluding steroid dienone is 1. The third-order valence-corrected chi connectivity index (χ3v) is 5.84. The summed E-state index contributed by atoms with van der Waals surface area (Å²) >= 11 is 11.7. The van der Waals surface area contributed by atoms with Gasteiger partial charge in [0.2, 0.25) is 0 Å². The van der Waals surface area contributed by atoms with E-state index >= 15 is 0 Å². The highest BCUT2D eigenvalue weighted by Crippen LogP contribution is 2.36. The fraction of sp³-hybridized carbons (Fsp3) is 0.304. The van der Waals surface area contributed by atoms with Crippen molar-refractivity contribution in [3.63, 3.8) is 0 Å². The van der Waals surface area contributed by atoms with E-state index in [1.807, 2.05) is 68.3 Å². The van der Waals surface area contributed by atoms with Crippen LogP contribution in [-0.2, 0) is 11.4 Å². The van der Waals surface area contributed by atoms with Crippen LogP contribution in [0.1, 0.15) is 37.9 Å². The number of nitrogens with one attached hydrogen (secondary N) is 1. The summed E-state index contributed by atoms with van der Waals surface area (Å²) in [5.41, 5.74) is 3.29. The van der Waals surface area contributed by atoms with Crippen molar-refractivity contribution < 1.29 is 14.3 Å². The lowest BCUT2D eigenvalue weighted by molar-refractivity contribution is -0.114. The summed E-state index contributed by atoms with van der Waals surface area (Å²) in [5.74, 6) is 1.21. The van der Waals surface area contributed by atoms with Crippen molar-refractivity contribution in [3.05, 3.63) is 69.9 Å². The second-order valence-corrected chi connectivity index (χ2v) is 7.81. The SMILES string of the molecule is CCOc1cc(C2NC(=S)N(C)C(C)=C2C(C)=O)ccc1OCc1ccccc1Cl. The number of Topliss-reactive ketones (excluding diaryl/α,β-unsaturated/α-hetero) is 1. The number of nitrogens with zero attached hydrogens (tertiary/aromatic N) is 1. The zero-order valence-corrected chi connectivity index (χ0v) is 19.1. The largest absolute Gasteiger partial charge is 0.490 e. The Labute approximate surface area is 187 Å². The maximum Gasteiger partial charge on any atom is 0.173 e. The number of hydrogen-bond donors (Lipinski definition) is 1. The molecule has 0 aliphatic carbocycles. The highest BCUT2D eigenvalue weighted by atomic mass is 35.5. The van der Waals surface area contributed by atoms with Crippen LogP contribution >= 0.6 is 23.8 Å². The van der Waals surface area contributed by atoms with Gasteiger partial charge in [0.25, 0.3) is 0 Å². The minimum absolute atomic E-state index is 0.00337. The summed E-state index contributed by atoms with van der Waals surface area (Å²) < 4.78 is 11.8. The molecule has 7 heteroatoms. The van der Waals surface area contributed by atoms with Gasteiger partial charge in [0.05, 0.1) is 12.6 Å². The Morgan fingerprint density at radius 2 is 1.93 bits per heavy atom. The molecular formula is C23H25ClN2O3S. The summed E-state index contributed by atoms with van der Waals surface area (Å²) in [4.78, 5) is 14.2.